The molecule has 0 bridgehead atoms. The number of nitrogens with zero attached hydrogens (tertiary/aromatic N) is 3. The summed E-state index contributed by atoms with van der Waals surface area (Å²) in [5, 5.41) is 6.58. The van der Waals surface area contributed by atoms with Crippen molar-refractivity contribution in [1.82, 2.24) is 10.1 Å². The average molecular weight is 427 g/mol. The number of anilines is 1. The number of aryl methyl sites for hydroxylation is 2. The maximum absolute atomic E-state index is 12.8. The van der Waals surface area contributed by atoms with Gasteiger partial charge in [0.25, 0.3) is 5.91 Å². The highest BCUT2D eigenvalue weighted by molar-refractivity contribution is 7.99. The molecular formula is C24H18N4O2S. The molecule has 0 fully saturated rings. The Morgan fingerprint density at radius 1 is 1.00 bits per heavy atom. The van der Waals surface area contributed by atoms with Gasteiger partial charge >= 0.3 is 0 Å². The predicted octanol–water partition coefficient (Wildman–Crippen LogP) is 5.57. The van der Waals surface area contributed by atoms with E-state index in [4.69, 9.17) is 9.52 Å². The maximum atomic E-state index is 12.8. The summed E-state index contributed by atoms with van der Waals surface area (Å²) < 4.78 is 5.02. The summed E-state index contributed by atoms with van der Waals surface area (Å²) in [6.07, 6.45) is 1.77. The molecule has 0 saturated carbocycles. The van der Waals surface area contributed by atoms with Crippen molar-refractivity contribution < 1.29 is 9.32 Å². The molecule has 5 rings (SSSR count). The van der Waals surface area contributed by atoms with Crippen LogP contribution in [0.5, 0.6) is 0 Å². The number of hydrogen-bond acceptors (Lipinski definition) is 6. The molecule has 2 aromatic carbocycles. The molecule has 0 saturated heterocycles. The number of carbonyl (C=O) groups excluding carboxylic acids is 1. The van der Waals surface area contributed by atoms with Gasteiger partial charge in [-0.05, 0) is 49.7 Å². The summed E-state index contributed by atoms with van der Waals surface area (Å²) in [7, 11) is 0. The van der Waals surface area contributed by atoms with E-state index in [1.165, 1.54) is 0 Å². The number of fused-ring (bicyclic) bond motifs is 2. The van der Waals surface area contributed by atoms with Crippen LogP contribution in [0.15, 0.2) is 86.2 Å². The molecule has 3 heterocycles. The standard InChI is InChI=1S/C24H18N4O2S/c1-14-6-5-11-25-22(14)23-17-7-3-4-8-19(17)31-20-10-9-16(13-18(20)26-23)24(29)27-21-12-15(2)30-28-21/h3-13H,1-2H3,(H,27,28,29). The number of pyridine rings is 1. The number of aromatic nitrogens is 2. The van der Waals surface area contributed by atoms with Crippen molar-refractivity contribution in [3.05, 3.63) is 95.0 Å². The topological polar surface area (TPSA) is 80.4 Å². The molecule has 1 aliphatic rings. The Bertz CT molecular complexity index is 1340. The summed E-state index contributed by atoms with van der Waals surface area (Å²) in [4.78, 5) is 24.4. The highest BCUT2D eigenvalue weighted by Gasteiger charge is 2.21. The first-order valence-corrected chi connectivity index (χ1v) is 10.6. The van der Waals surface area contributed by atoms with Gasteiger partial charge in [0.05, 0.1) is 17.1 Å². The SMILES string of the molecule is Cc1cc(NC(=O)c2ccc3c(c2)N=C(c2ncccc2C)c2ccccc2S3)no1. The first-order chi connectivity index (χ1) is 15.1. The van der Waals surface area contributed by atoms with Crippen LogP contribution >= 0.6 is 11.8 Å². The van der Waals surface area contributed by atoms with Crippen molar-refractivity contribution in [3.63, 3.8) is 0 Å². The van der Waals surface area contributed by atoms with Crippen LogP contribution in [0.3, 0.4) is 0 Å². The first kappa shape index (κ1) is 19.3. The van der Waals surface area contributed by atoms with Crippen LogP contribution in [0.1, 0.15) is 32.9 Å². The van der Waals surface area contributed by atoms with Crippen molar-refractivity contribution in [3.8, 4) is 0 Å². The molecule has 1 amide bonds. The van der Waals surface area contributed by atoms with E-state index in [-0.39, 0.29) is 5.91 Å². The zero-order valence-electron chi connectivity index (χ0n) is 16.9. The average Bonchev–Trinajstić information content (AvgIpc) is 3.10. The van der Waals surface area contributed by atoms with Crippen LogP contribution in [0.4, 0.5) is 11.5 Å². The number of nitrogens with one attached hydrogen (secondary N) is 1. The van der Waals surface area contributed by atoms with Gasteiger partial charge in [0.15, 0.2) is 5.82 Å². The lowest BCUT2D eigenvalue weighted by atomic mass is 10.0. The third-order valence-electron chi connectivity index (χ3n) is 4.92. The zero-order valence-corrected chi connectivity index (χ0v) is 17.7. The molecule has 0 aliphatic carbocycles. The highest BCUT2D eigenvalue weighted by atomic mass is 32.2. The Labute approximate surface area is 183 Å². The van der Waals surface area contributed by atoms with Gasteiger partial charge in [-0.3, -0.25) is 9.78 Å². The summed E-state index contributed by atoms with van der Waals surface area (Å²) in [6, 6.07) is 19.3. The van der Waals surface area contributed by atoms with Gasteiger partial charge in [0.2, 0.25) is 0 Å². The predicted molar refractivity (Wildman–Crippen MR) is 120 cm³/mol. The Hall–Kier alpha value is -3.71. The normalized spacial score (nSPS) is 12.4. The third kappa shape index (κ3) is 3.75. The van der Waals surface area contributed by atoms with Crippen LogP contribution in [-0.4, -0.2) is 21.8 Å². The van der Waals surface area contributed by atoms with Crippen LogP contribution in [0, 0.1) is 13.8 Å². The summed E-state index contributed by atoms with van der Waals surface area (Å²) in [5.74, 6) is 0.743. The molecule has 0 unspecified atom stereocenters. The molecule has 0 radical (unpaired) electrons. The Morgan fingerprint density at radius 3 is 2.68 bits per heavy atom. The largest absolute Gasteiger partial charge is 0.360 e. The van der Waals surface area contributed by atoms with Crippen molar-refractivity contribution >= 4 is 34.9 Å². The monoisotopic (exact) mass is 426 g/mol. The minimum atomic E-state index is -0.270. The molecule has 7 heteroatoms. The number of amides is 1. The van der Waals surface area contributed by atoms with Crippen LogP contribution in [0.2, 0.25) is 0 Å². The fourth-order valence-electron chi connectivity index (χ4n) is 3.41. The lowest BCUT2D eigenvalue weighted by molar-refractivity contribution is 0.102. The zero-order chi connectivity index (χ0) is 21.4. The number of benzene rings is 2. The number of aliphatic imine (C=N–C) groups is 1. The second kappa shape index (κ2) is 7.85. The fourth-order valence-corrected chi connectivity index (χ4v) is 4.41. The van der Waals surface area contributed by atoms with E-state index >= 15 is 0 Å². The molecule has 4 aromatic rings. The van der Waals surface area contributed by atoms with Gasteiger partial charge in [-0.1, -0.05) is 41.2 Å². The maximum Gasteiger partial charge on any atom is 0.256 e. The Balaban J connectivity index is 1.60. The minimum absolute atomic E-state index is 0.270. The van der Waals surface area contributed by atoms with Crippen LogP contribution in [-0.2, 0) is 0 Å². The van der Waals surface area contributed by atoms with E-state index in [2.05, 4.69) is 27.6 Å². The van der Waals surface area contributed by atoms with E-state index < -0.39 is 0 Å². The fraction of sp³-hybridized carbons (Fsp3) is 0.0833. The van der Waals surface area contributed by atoms with Gasteiger partial charge in [-0.15, -0.1) is 0 Å². The van der Waals surface area contributed by atoms with Crippen molar-refractivity contribution in [2.24, 2.45) is 4.99 Å². The lowest BCUT2D eigenvalue weighted by Crippen LogP contribution is -2.12. The van der Waals surface area contributed by atoms with Crippen LogP contribution in [0.25, 0.3) is 0 Å². The van der Waals surface area contributed by atoms with Gasteiger partial charge in [0.1, 0.15) is 5.76 Å². The second-order valence-electron chi connectivity index (χ2n) is 7.19. The minimum Gasteiger partial charge on any atom is -0.360 e. The molecule has 0 atom stereocenters. The highest BCUT2D eigenvalue weighted by Crippen LogP contribution is 2.41. The Kier molecular flexibility index (Phi) is 4.88. The van der Waals surface area contributed by atoms with Crippen molar-refractivity contribution in [2.45, 2.75) is 23.6 Å². The summed E-state index contributed by atoms with van der Waals surface area (Å²) in [6.45, 7) is 3.80. The second-order valence-corrected chi connectivity index (χ2v) is 8.27. The smallest absolute Gasteiger partial charge is 0.256 e. The van der Waals surface area contributed by atoms with E-state index in [0.717, 1.165) is 38.0 Å². The van der Waals surface area contributed by atoms with E-state index in [1.807, 2.05) is 37.3 Å². The van der Waals surface area contributed by atoms with E-state index in [1.54, 1.807) is 43.1 Å². The molecular weight excluding hydrogens is 408 g/mol. The number of rotatable bonds is 3. The van der Waals surface area contributed by atoms with Crippen molar-refractivity contribution in [1.29, 1.82) is 0 Å². The van der Waals surface area contributed by atoms with Gasteiger partial charge in [-0.25, -0.2) is 4.99 Å². The van der Waals surface area contributed by atoms with E-state index in [0.29, 0.717) is 17.1 Å². The van der Waals surface area contributed by atoms with Gasteiger partial charge in [-0.2, -0.15) is 0 Å². The molecule has 1 N–H and O–H groups in total. The molecule has 2 aromatic heterocycles. The summed E-state index contributed by atoms with van der Waals surface area (Å²) >= 11 is 1.63. The van der Waals surface area contributed by atoms with Gasteiger partial charge < -0.3 is 9.84 Å². The molecule has 0 spiro atoms. The van der Waals surface area contributed by atoms with Gasteiger partial charge in [0, 0.05) is 33.2 Å². The molecule has 31 heavy (non-hydrogen) atoms. The Morgan fingerprint density at radius 2 is 1.87 bits per heavy atom. The molecule has 1 aliphatic heterocycles. The quantitative estimate of drug-likeness (QED) is 0.408. The van der Waals surface area contributed by atoms with Crippen molar-refractivity contribution in [2.75, 3.05) is 5.32 Å². The number of carbonyl (C=O) groups is 1. The number of hydrogen-bond donors (Lipinski definition) is 1. The third-order valence-corrected chi connectivity index (χ3v) is 6.06. The lowest BCUT2D eigenvalue weighted by Gasteiger charge is -2.10. The molecule has 6 nitrogen and oxygen atoms in total. The van der Waals surface area contributed by atoms with Crippen LogP contribution < -0.4 is 5.32 Å². The molecule has 152 valence electrons. The summed E-state index contributed by atoms with van der Waals surface area (Å²) in [5.41, 5.74) is 4.91. The van der Waals surface area contributed by atoms with E-state index in [9.17, 15) is 4.79 Å². The first-order valence-electron chi connectivity index (χ1n) is 9.75.